The maximum atomic E-state index is 13.4. The van der Waals surface area contributed by atoms with Gasteiger partial charge in [-0.1, -0.05) is 24.3 Å². The van der Waals surface area contributed by atoms with Crippen LogP contribution >= 0.6 is 0 Å². The van der Waals surface area contributed by atoms with Crippen molar-refractivity contribution in [2.24, 2.45) is 16.5 Å². The summed E-state index contributed by atoms with van der Waals surface area (Å²) in [5.74, 6) is 1.90. The van der Waals surface area contributed by atoms with E-state index in [1.165, 1.54) is 6.26 Å². The van der Waals surface area contributed by atoms with Crippen LogP contribution in [0.1, 0.15) is 48.0 Å². The highest BCUT2D eigenvalue weighted by Gasteiger charge is 2.22. The van der Waals surface area contributed by atoms with Gasteiger partial charge >= 0.3 is 0 Å². The molecule has 9 heteroatoms. The van der Waals surface area contributed by atoms with Crippen molar-refractivity contribution in [1.82, 2.24) is 4.90 Å². The lowest BCUT2D eigenvalue weighted by Gasteiger charge is -2.24. The Labute approximate surface area is 211 Å². The van der Waals surface area contributed by atoms with E-state index in [2.05, 4.69) is 4.99 Å². The molecule has 1 amide bonds. The molecule has 0 saturated carbocycles. The zero-order chi connectivity index (χ0) is 25.9. The summed E-state index contributed by atoms with van der Waals surface area (Å²) in [5, 5.41) is 0. The normalized spacial score (nSPS) is 10.5. The van der Waals surface area contributed by atoms with Crippen molar-refractivity contribution >= 4 is 11.9 Å². The third kappa shape index (κ3) is 7.18. The highest BCUT2D eigenvalue weighted by molar-refractivity contribution is 5.91. The van der Waals surface area contributed by atoms with Crippen LogP contribution in [0.3, 0.4) is 0 Å². The molecule has 2 aromatic carbocycles. The molecular formula is C27H34N4O5. The largest absolute Gasteiger partial charge is 0.493 e. The van der Waals surface area contributed by atoms with Crippen molar-refractivity contribution in [2.75, 3.05) is 19.8 Å². The molecule has 0 unspecified atom stereocenters. The fraction of sp³-hybridized carbons (Fsp3) is 0.333. The van der Waals surface area contributed by atoms with Gasteiger partial charge in [-0.15, -0.1) is 0 Å². The van der Waals surface area contributed by atoms with Crippen molar-refractivity contribution in [3.63, 3.8) is 0 Å². The van der Waals surface area contributed by atoms with E-state index in [9.17, 15) is 4.79 Å². The number of amides is 1. The van der Waals surface area contributed by atoms with Gasteiger partial charge in [0.05, 0.1) is 39.2 Å². The first-order valence-corrected chi connectivity index (χ1v) is 12.0. The van der Waals surface area contributed by atoms with E-state index in [0.717, 1.165) is 16.7 Å². The quantitative estimate of drug-likeness (QED) is 0.271. The number of ether oxygens (including phenoxy) is 3. The van der Waals surface area contributed by atoms with E-state index >= 15 is 0 Å². The molecule has 1 aromatic heterocycles. The molecule has 0 saturated heterocycles. The van der Waals surface area contributed by atoms with Gasteiger partial charge in [0.15, 0.2) is 23.2 Å². The summed E-state index contributed by atoms with van der Waals surface area (Å²) in [6.45, 7) is 8.20. The summed E-state index contributed by atoms with van der Waals surface area (Å²) in [4.78, 5) is 19.1. The van der Waals surface area contributed by atoms with Gasteiger partial charge in [-0.05, 0) is 50.1 Å². The molecule has 0 aliphatic heterocycles. The molecule has 0 atom stereocenters. The van der Waals surface area contributed by atoms with Gasteiger partial charge in [0.1, 0.15) is 5.75 Å². The molecule has 1 heterocycles. The number of carbonyl (C=O) groups is 1. The molecule has 0 bridgehead atoms. The number of guanidine groups is 1. The average Bonchev–Trinajstić information content (AvgIpc) is 3.40. The summed E-state index contributed by atoms with van der Waals surface area (Å²) in [5.41, 5.74) is 13.6. The SMILES string of the molecule is CCOc1cc(OCC)c(OCC)cc1CN(Cc1ccc(CN=C(N)N)cc1)C(=O)c1ccco1. The van der Waals surface area contributed by atoms with Gasteiger partial charge in [-0.25, -0.2) is 4.99 Å². The molecule has 0 radical (unpaired) electrons. The third-order valence-corrected chi connectivity index (χ3v) is 5.25. The summed E-state index contributed by atoms with van der Waals surface area (Å²) >= 11 is 0. The topological polar surface area (TPSA) is 126 Å². The van der Waals surface area contributed by atoms with E-state index in [1.54, 1.807) is 17.0 Å². The molecule has 0 spiro atoms. The van der Waals surface area contributed by atoms with Crippen LogP contribution in [0.2, 0.25) is 0 Å². The monoisotopic (exact) mass is 494 g/mol. The fourth-order valence-corrected chi connectivity index (χ4v) is 3.65. The highest BCUT2D eigenvalue weighted by atomic mass is 16.5. The predicted octanol–water partition coefficient (Wildman–Crippen LogP) is 4.09. The predicted molar refractivity (Wildman–Crippen MR) is 138 cm³/mol. The van der Waals surface area contributed by atoms with Crippen LogP contribution in [0, 0.1) is 0 Å². The minimum Gasteiger partial charge on any atom is -0.493 e. The molecular weight excluding hydrogens is 460 g/mol. The van der Waals surface area contributed by atoms with Crippen LogP contribution in [0.25, 0.3) is 0 Å². The van der Waals surface area contributed by atoms with E-state index in [1.807, 2.05) is 57.2 Å². The Bertz CT molecular complexity index is 1140. The second kappa shape index (κ2) is 13.1. The Morgan fingerprint density at radius 1 is 0.861 bits per heavy atom. The Kier molecular flexibility index (Phi) is 9.62. The number of nitrogens with zero attached hydrogens (tertiary/aromatic N) is 2. The highest BCUT2D eigenvalue weighted by Crippen LogP contribution is 2.36. The first-order valence-electron chi connectivity index (χ1n) is 12.0. The van der Waals surface area contributed by atoms with Gasteiger partial charge in [0.2, 0.25) is 0 Å². The van der Waals surface area contributed by atoms with Crippen LogP contribution in [-0.4, -0.2) is 36.6 Å². The second-order valence-electron chi connectivity index (χ2n) is 7.90. The Balaban J connectivity index is 1.93. The number of hydrogen-bond donors (Lipinski definition) is 2. The van der Waals surface area contributed by atoms with Crippen LogP contribution in [-0.2, 0) is 19.6 Å². The zero-order valence-electron chi connectivity index (χ0n) is 21.0. The first kappa shape index (κ1) is 26.5. The van der Waals surface area contributed by atoms with E-state index < -0.39 is 0 Å². The third-order valence-electron chi connectivity index (χ3n) is 5.25. The van der Waals surface area contributed by atoms with Gasteiger partial charge in [0.25, 0.3) is 5.91 Å². The molecule has 0 fully saturated rings. The lowest BCUT2D eigenvalue weighted by molar-refractivity contribution is 0.0696. The smallest absolute Gasteiger partial charge is 0.290 e. The minimum absolute atomic E-state index is 0.0428. The number of aliphatic imine (C=N–C) groups is 1. The zero-order valence-corrected chi connectivity index (χ0v) is 21.0. The first-order chi connectivity index (χ1) is 17.4. The summed E-state index contributed by atoms with van der Waals surface area (Å²) < 4.78 is 22.9. The molecule has 3 aromatic rings. The van der Waals surface area contributed by atoms with Crippen molar-refractivity contribution < 1.29 is 23.4 Å². The van der Waals surface area contributed by atoms with Crippen molar-refractivity contribution in [1.29, 1.82) is 0 Å². The van der Waals surface area contributed by atoms with Crippen LogP contribution < -0.4 is 25.7 Å². The molecule has 4 N–H and O–H groups in total. The number of furan rings is 1. The second-order valence-corrected chi connectivity index (χ2v) is 7.90. The average molecular weight is 495 g/mol. The van der Waals surface area contributed by atoms with Crippen molar-refractivity contribution in [3.05, 3.63) is 77.2 Å². The van der Waals surface area contributed by atoms with E-state index in [4.69, 9.17) is 30.1 Å². The van der Waals surface area contributed by atoms with Crippen LogP contribution in [0.5, 0.6) is 17.2 Å². The van der Waals surface area contributed by atoms with Crippen LogP contribution in [0.15, 0.2) is 64.2 Å². The van der Waals surface area contributed by atoms with E-state index in [-0.39, 0.29) is 24.2 Å². The molecule has 192 valence electrons. The number of rotatable bonds is 13. The summed E-state index contributed by atoms with van der Waals surface area (Å²) in [6, 6.07) is 14.8. The number of carbonyl (C=O) groups excluding carboxylic acids is 1. The fourth-order valence-electron chi connectivity index (χ4n) is 3.65. The standard InChI is InChI=1S/C27H34N4O5/c1-4-33-23-15-25(35-6-3)24(34-5-2)14-21(23)18-31(26(32)22-8-7-13-36-22)17-20-11-9-19(10-12-20)16-30-27(28)29/h7-15H,4-6,16-18H2,1-3H3,(H4,28,29,30). The summed E-state index contributed by atoms with van der Waals surface area (Å²) in [7, 11) is 0. The molecule has 36 heavy (non-hydrogen) atoms. The maximum Gasteiger partial charge on any atom is 0.290 e. The summed E-state index contributed by atoms with van der Waals surface area (Å²) in [6.07, 6.45) is 1.49. The number of hydrogen-bond acceptors (Lipinski definition) is 6. The van der Waals surface area contributed by atoms with Crippen molar-refractivity contribution in [2.45, 2.75) is 40.4 Å². The molecule has 9 nitrogen and oxygen atoms in total. The Morgan fingerprint density at radius 2 is 1.47 bits per heavy atom. The molecule has 0 aliphatic rings. The van der Waals surface area contributed by atoms with Crippen molar-refractivity contribution in [3.8, 4) is 17.2 Å². The molecule has 0 aliphatic carbocycles. The van der Waals surface area contributed by atoms with Gasteiger partial charge in [-0.2, -0.15) is 0 Å². The van der Waals surface area contributed by atoms with Gasteiger partial charge in [0, 0.05) is 18.2 Å². The minimum atomic E-state index is -0.237. The maximum absolute atomic E-state index is 13.4. The molecule has 3 rings (SSSR count). The lowest BCUT2D eigenvalue weighted by atomic mass is 10.1. The number of benzene rings is 2. The number of nitrogens with two attached hydrogens (primary N) is 2. The Morgan fingerprint density at radius 3 is 2.06 bits per heavy atom. The van der Waals surface area contributed by atoms with Crippen LogP contribution in [0.4, 0.5) is 0 Å². The lowest BCUT2D eigenvalue weighted by Crippen LogP contribution is -2.30. The van der Waals surface area contributed by atoms with Gasteiger partial charge < -0.3 is 35.0 Å². The Hall–Kier alpha value is -4.14. The van der Waals surface area contributed by atoms with E-state index in [0.29, 0.717) is 50.2 Å². The van der Waals surface area contributed by atoms with Gasteiger partial charge in [-0.3, -0.25) is 4.79 Å².